The van der Waals surface area contributed by atoms with Crippen molar-refractivity contribution >= 4 is 5.97 Å². The van der Waals surface area contributed by atoms with Crippen LogP contribution in [0, 0.1) is 5.92 Å². The summed E-state index contributed by atoms with van der Waals surface area (Å²) in [6.45, 7) is 0.351. The van der Waals surface area contributed by atoms with Crippen LogP contribution in [0.1, 0.15) is 23.5 Å². The zero-order chi connectivity index (χ0) is 19.4. The Morgan fingerprint density at radius 2 is 1.74 bits per heavy atom. The number of benzene rings is 2. The Morgan fingerprint density at radius 1 is 1.00 bits per heavy atom. The van der Waals surface area contributed by atoms with Gasteiger partial charge in [0.25, 0.3) is 0 Å². The molecule has 3 rings (SSSR count). The maximum absolute atomic E-state index is 12.3. The molecule has 2 aromatic carbocycles. The quantitative estimate of drug-likeness (QED) is 0.784. The van der Waals surface area contributed by atoms with Crippen LogP contribution < -0.4 is 14.2 Å². The largest absolute Gasteiger partial charge is 0.504 e. The van der Waals surface area contributed by atoms with Gasteiger partial charge in [0.05, 0.1) is 33.9 Å². The van der Waals surface area contributed by atoms with Crippen LogP contribution in [0.25, 0.3) is 0 Å². The van der Waals surface area contributed by atoms with Crippen LogP contribution in [-0.2, 0) is 16.0 Å². The summed E-state index contributed by atoms with van der Waals surface area (Å²) in [7, 11) is 4.70. The van der Waals surface area contributed by atoms with Gasteiger partial charge >= 0.3 is 5.97 Å². The fourth-order valence-corrected chi connectivity index (χ4v) is 3.45. The van der Waals surface area contributed by atoms with Gasteiger partial charge in [-0.25, -0.2) is 0 Å². The Labute approximate surface area is 158 Å². The molecule has 1 saturated heterocycles. The molecule has 1 aliphatic heterocycles. The summed E-state index contributed by atoms with van der Waals surface area (Å²) in [5, 5.41) is 9.74. The maximum Gasteiger partial charge on any atom is 0.309 e. The van der Waals surface area contributed by atoms with Crippen molar-refractivity contribution in [2.75, 3.05) is 27.9 Å². The molecule has 0 bridgehead atoms. The van der Waals surface area contributed by atoms with E-state index in [1.54, 1.807) is 32.4 Å². The van der Waals surface area contributed by atoms with Crippen molar-refractivity contribution in [3.05, 3.63) is 47.5 Å². The first-order valence-electron chi connectivity index (χ1n) is 8.80. The molecular formula is C21H24O6. The molecule has 1 unspecified atom stereocenters. The molecule has 27 heavy (non-hydrogen) atoms. The van der Waals surface area contributed by atoms with Gasteiger partial charge in [-0.1, -0.05) is 12.1 Å². The first-order valence-corrected chi connectivity index (χ1v) is 8.80. The summed E-state index contributed by atoms with van der Waals surface area (Å²) >= 11 is 0. The lowest BCUT2D eigenvalue weighted by Crippen LogP contribution is -2.30. The Kier molecular flexibility index (Phi) is 5.74. The highest BCUT2D eigenvalue weighted by atomic mass is 16.5. The SMILES string of the molecule is COc1cc(C[C@@H]2CC(c3ccc(OC)c(OC)c3)COC2=O)ccc1O. The third-order valence-corrected chi connectivity index (χ3v) is 4.93. The van der Waals surface area contributed by atoms with E-state index < -0.39 is 0 Å². The van der Waals surface area contributed by atoms with Gasteiger partial charge in [-0.3, -0.25) is 4.79 Å². The van der Waals surface area contributed by atoms with Gasteiger partial charge in [0.15, 0.2) is 23.0 Å². The van der Waals surface area contributed by atoms with E-state index in [2.05, 4.69) is 0 Å². The molecule has 0 radical (unpaired) electrons. The number of aromatic hydroxyl groups is 1. The molecular weight excluding hydrogens is 348 g/mol. The smallest absolute Gasteiger partial charge is 0.309 e. The summed E-state index contributed by atoms with van der Waals surface area (Å²) in [5.74, 6) is 1.44. The van der Waals surface area contributed by atoms with Crippen molar-refractivity contribution in [1.29, 1.82) is 0 Å². The van der Waals surface area contributed by atoms with Crippen molar-refractivity contribution < 1.29 is 28.8 Å². The van der Waals surface area contributed by atoms with Crippen LogP contribution in [-0.4, -0.2) is 39.0 Å². The van der Waals surface area contributed by atoms with E-state index in [-0.39, 0.29) is 23.6 Å². The second kappa shape index (κ2) is 8.20. The molecule has 2 aromatic rings. The Morgan fingerprint density at radius 3 is 2.44 bits per heavy atom. The third-order valence-electron chi connectivity index (χ3n) is 4.93. The summed E-state index contributed by atoms with van der Waals surface area (Å²) in [4.78, 5) is 12.3. The minimum atomic E-state index is -0.258. The highest BCUT2D eigenvalue weighted by Gasteiger charge is 2.32. The van der Waals surface area contributed by atoms with Gasteiger partial charge in [-0.05, 0) is 48.2 Å². The molecule has 1 fully saturated rings. The van der Waals surface area contributed by atoms with Crippen LogP contribution in [0.15, 0.2) is 36.4 Å². The van der Waals surface area contributed by atoms with E-state index in [4.69, 9.17) is 18.9 Å². The number of carbonyl (C=O) groups excluding carboxylic acids is 1. The van der Waals surface area contributed by atoms with Crippen LogP contribution in [0.5, 0.6) is 23.0 Å². The number of ether oxygens (including phenoxy) is 4. The Balaban J connectivity index is 1.77. The van der Waals surface area contributed by atoms with Crippen LogP contribution in [0.3, 0.4) is 0 Å². The summed E-state index contributed by atoms with van der Waals surface area (Å²) < 4.78 is 21.3. The lowest BCUT2D eigenvalue weighted by Gasteiger charge is -2.29. The van der Waals surface area contributed by atoms with Crippen molar-refractivity contribution in [1.82, 2.24) is 0 Å². The molecule has 6 nitrogen and oxygen atoms in total. The molecule has 1 N–H and O–H groups in total. The number of methoxy groups -OCH3 is 3. The van der Waals surface area contributed by atoms with E-state index in [0.717, 1.165) is 11.1 Å². The van der Waals surface area contributed by atoms with Gasteiger partial charge < -0.3 is 24.1 Å². The predicted molar refractivity (Wildman–Crippen MR) is 99.7 cm³/mol. The average Bonchev–Trinajstić information content (AvgIpc) is 2.70. The standard InChI is InChI=1S/C21H24O6/c1-24-18-7-5-14(11-20(18)26-3)16-10-15(21(23)27-12-16)8-13-4-6-17(22)19(9-13)25-2/h4-7,9,11,15-16,22H,8,10,12H2,1-3H3/t15-,16?/m1/s1. The minimum Gasteiger partial charge on any atom is -0.504 e. The number of hydrogen-bond donors (Lipinski definition) is 1. The van der Waals surface area contributed by atoms with Crippen molar-refractivity contribution in [3.63, 3.8) is 0 Å². The summed E-state index contributed by atoms with van der Waals surface area (Å²) in [6, 6.07) is 10.9. The normalized spacial score (nSPS) is 19.3. The van der Waals surface area contributed by atoms with E-state index in [1.807, 2.05) is 18.2 Å². The maximum atomic E-state index is 12.3. The van der Waals surface area contributed by atoms with Crippen molar-refractivity contribution in [3.8, 4) is 23.0 Å². The number of hydrogen-bond acceptors (Lipinski definition) is 6. The zero-order valence-corrected chi connectivity index (χ0v) is 15.7. The van der Waals surface area contributed by atoms with Crippen LogP contribution >= 0.6 is 0 Å². The molecule has 6 heteroatoms. The fourth-order valence-electron chi connectivity index (χ4n) is 3.45. The summed E-state index contributed by atoms with van der Waals surface area (Å²) in [6.07, 6.45) is 1.21. The molecule has 144 valence electrons. The average molecular weight is 372 g/mol. The first kappa shape index (κ1) is 18.9. The Hall–Kier alpha value is -2.89. The van der Waals surface area contributed by atoms with E-state index in [9.17, 15) is 9.90 Å². The number of rotatable bonds is 6. The third kappa shape index (κ3) is 4.10. The molecule has 0 amide bonds. The lowest BCUT2D eigenvalue weighted by molar-refractivity contribution is -0.154. The zero-order valence-electron chi connectivity index (χ0n) is 15.7. The number of carbonyl (C=O) groups is 1. The number of esters is 1. The van der Waals surface area contributed by atoms with Crippen molar-refractivity contribution in [2.24, 2.45) is 5.92 Å². The molecule has 1 heterocycles. The number of phenolic OH excluding ortho intramolecular Hbond substituents is 1. The van der Waals surface area contributed by atoms with Crippen LogP contribution in [0.2, 0.25) is 0 Å². The molecule has 0 aromatic heterocycles. The van der Waals surface area contributed by atoms with Gasteiger partial charge in [-0.15, -0.1) is 0 Å². The highest BCUT2D eigenvalue weighted by Crippen LogP contribution is 2.37. The summed E-state index contributed by atoms with van der Waals surface area (Å²) in [5.41, 5.74) is 1.97. The topological polar surface area (TPSA) is 74.2 Å². The van der Waals surface area contributed by atoms with Gasteiger partial charge in [0, 0.05) is 5.92 Å². The lowest BCUT2D eigenvalue weighted by atomic mass is 9.84. The highest BCUT2D eigenvalue weighted by molar-refractivity contribution is 5.74. The predicted octanol–water partition coefficient (Wildman–Crippen LogP) is 3.31. The number of cyclic esters (lactones) is 1. The van der Waals surface area contributed by atoms with Gasteiger partial charge in [0.2, 0.25) is 0 Å². The van der Waals surface area contributed by atoms with Crippen LogP contribution in [0.4, 0.5) is 0 Å². The van der Waals surface area contributed by atoms with Gasteiger partial charge in [0.1, 0.15) is 0 Å². The molecule has 0 spiro atoms. The monoisotopic (exact) mass is 372 g/mol. The van der Waals surface area contributed by atoms with E-state index >= 15 is 0 Å². The van der Waals surface area contributed by atoms with E-state index in [1.165, 1.54) is 7.11 Å². The van der Waals surface area contributed by atoms with E-state index in [0.29, 0.717) is 36.7 Å². The fraction of sp³-hybridized carbons (Fsp3) is 0.381. The van der Waals surface area contributed by atoms with Crippen molar-refractivity contribution in [2.45, 2.75) is 18.8 Å². The molecule has 0 saturated carbocycles. The number of phenols is 1. The molecule has 1 aliphatic rings. The Bertz CT molecular complexity index is 816. The second-order valence-electron chi connectivity index (χ2n) is 6.58. The van der Waals surface area contributed by atoms with Gasteiger partial charge in [-0.2, -0.15) is 0 Å². The molecule has 0 aliphatic carbocycles. The molecule has 2 atom stereocenters. The minimum absolute atomic E-state index is 0.0793. The second-order valence-corrected chi connectivity index (χ2v) is 6.58. The first-order chi connectivity index (χ1) is 13.0.